The number of cyclic esters (lactones) is 1. The molecule has 3 heterocycles. The number of rotatable bonds is 7. The molecule has 1 atom stereocenters. The minimum absolute atomic E-state index is 0.0344. The van der Waals surface area contributed by atoms with Crippen LogP contribution in [-0.2, 0) is 9.53 Å². The van der Waals surface area contributed by atoms with Crippen molar-refractivity contribution >= 4 is 45.9 Å². The Bertz CT molecular complexity index is 1660. The zero-order valence-corrected chi connectivity index (χ0v) is 22.8. The molecule has 1 aromatic heterocycles. The summed E-state index contributed by atoms with van der Waals surface area (Å²) in [4.78, 5) is 52.8. The van der Waals surface area contributed by atoms with E-state index in [9.17, 15) is 24.3 Å². The highest BCUT2D eigenvalue weighted by Gasteiger charge is 2.33. The Kier molecular flexibility index (Phi) is 6.95. The number of hydrogen-bond acceptors (Lipinski definition) is 7. The molecule has 2 aliphatic heterocycles. The molecule has 6 rings (SSSR count). The van der Waals surface area contributed by atoms with Gasteiger partial charge in [-0.3, -0.25) is 14.5 Å². The molecule has 0 spiro atoms. The summed E-state index contributed by atoms with van der Waals surface area (Å²) in [6.07, 6.45) is 1.90. The number of aromatic carboxylic acids is 1. The van der Waals surface area contributed by atoms with Crippen LogP contribution >= 0.6 is 0 Å². The second-order valence-corrected chi connectivity index (χ2v) is 10.8. The number of carbonyl (C=O) groups excluding carboxylic acids is 2. The normalized spacial score (nSPS) is 18.9. The van der Waals surface area contributed by atoms with Crippen molar-refractivity contribution in [2.45, 2.75) is 31.9 Å². The molecule has 3 aliphatic rings. The number of carboxylic acids is 1. The Labute approximate surface area is 238 Å². The van der Waals surface area contributed by atoms with E-state index >= 15 is 8.78 Å². The van der Waals surface area contributed by atoms with Crippen LogP contribution in [0.3, 0.4) is 0 Å². The number of pyridine rings is 1. The van der Waals surface area contributed by atoms with Crippen molar-refractivity contribution in [3.05, 3.63) is 63.9 Å². The summed E-state index contributed by atoms with van der Waals surface area (Å²) in [6.45, 7) is 3.27. The predicted molar refractivity (Wildman–Crippen MR) is 151 cm³/mol. The van der Waals surface area contributed by atoms with Gasteiger partial charge in [0.2, 0.25) is 11.3 Å². The fourth-order valence-electron chi connectivity index (χ4n) is 5.61. The summed E-state index contributed by atoms with van der Waals surface area (Å²) >= 11 is 0. The third-order valence-electron chi connectivity index (χ3n) is 7.93. The molecule has 0 radical (unpaired) electrons. The maximum absolute atomic E-state index is 15.3. The molecule has 0 bridgehead atoms. The van der Waals surface area contributed by atoms with Gasteiger partial charge in [0.25, 0.3) is 0 Å². The topological polar surface area (TPSA) is 124 Å². The largest absolute Gasteiger partial charge is 0.477 e. The molecule has 42 heavy (non-hydrogen) atoms. The van der Waals surface area contributed by atoms with Crippen molar-refractivity contribution in [2.75, 3.05) is 54.0 Å². The first kappa shape index (κ1) is 27.5. The molecule has 3 aromatic rings. The summed E-state index contributed by atoms with van der Waals surface area (Å²) in [7, 11) is 0. The summed E-state index contributed by atoms with van der Waals surface area (Å²) < 4.78 is 37.6. The van der Waals surface area contributed by atoms with E-state index < -0.39 is 35.2 Å². The number of nitrogens with one attached hydrogen (secondary N) is 1. The Balaban J connectivity index is 1.18. The number of carboxylic acid groups (broad SMARTS) is 1. The molecule has 3 fully saturated rings. The molecule has 0 unspecified atom stereocenters. The lowest BCUT2D eigenvalue weighted by Crippen LogP contribution is -2.47. The molecule has 2 amide bonds. The molecule has 2 saturated heterocycles. The van der Waals surface area contributed by atoms with Crippen LogP contribution in [0.15, 0.2) is 41.3 Å². The van der Waals surface area contributed by atoms with Crippen molar-refractivity contribution in [3.8, 4) is 0 Å². The predicted octanol–water partition coefficient (Wildman–Crippen LogP) is 3.10. The average molecular weight is 582 g/mol. The lowest BCUT2D eigenvalue weighted by atomic mass is 10.1. The maximum Gasteiger partial charge on any atom is 0.414 e. The number of nitrogens with zero attached hydrogens (tertiary/aromatic N) is 4. The van der Waals surface area contributed by atoms with Gasteiger partial charge in [0.15, 0.2) is 0 Å². The van der Waals surface area contributed by atoms with Crippen molar-refractivity contribution in [3.63, 3.8) is 0 Å². The van der Waals surface area contributed by atoms with Crippen LogP contribution in [0.25, 0.3) is 10.9 Å². The number of halogens is 2. The highest BCUT2D eigenvalue weighted by Crippen LogP contribution is 2.38. The maximum atomic E-state index is 15.3. The first-order chi connectivity index (χ1) is 20.1. The van der Waals surface area contributed by atoms with E-state index in [0.29, 0.717) is 48.8 Å². The molecule has 1 aliphatic carbocycles. The molecule has 11 nitrogen and oxygen atoms in total. The number of benzene rings is 2. The third kappa shape index (κ3) is 5.10. The van der Waals surface area contributed by atoms with Crippen LogP contribution in [0.1, 0.15) is 36.2 Å². The van der Waals surface area contributed by atoms with E-state index in [4.69, 9.17) is 4.74 Å². The van der Waals surface area contributed by atoms with Crippen molar-refractivity contribution in [1.29, 1.82) is 0 Å². The van der Waals surface area contributed by atoms with Crippen molar-refractivity contribution in [1.82, 2.24) is 9.88 Å². The number of amides is 2. The van der Waals surface area contributed by atoms with E-state index in [1.807, 2.05) is 9.80 Å². The second kappa shape index (κ2) is 10.6. The quantitative estimate of drug-likeness (QED) is 0.436. The molecule has 1 saturated carbocycles. The summed E-state index contributed by atoms with van der Waals surface area (Å²) in [6, 6.07) is 7.30. The lowest BCUT2D eigenvalue weighted by molar-refractivity contribution is -0.119. The van der Waals surface area contributed by atoms with Gasteiger partial charge in [-0.25, -0.2) is 18.4 Å². The summed E-state index contributed by atoms with van der Waals surface area (Å²) in [5.74, 6) is -2.72. The van der Waals surface area contributed by atoms with Gasteiger partial charge < -0.3 is 29.5 Å². The highest BCUT2D eigenvalue weighted by atomic mass is 19.1. The number of aromatic nitrogens is 1. The van der Waals surface area contributed by atoms with Gasteiger partial charge in [-0.05, 0) is 43.2 Å². The fraction of sp³-hybridized carbons (Fsp3) is 0.379. The van der Waals surface area contributed by atoms with E-state index in [1.54, 1.807) is 22.8 Å². The monoisotopic (exact) mass is 581 g/mol. The van der Waals surface area contributed by atoms with Crippen molar-refractivity contribution < 1.29 is 33.0 Å². The molecule has 220 valence electrons. The van der Waals surface area contributed by atoms with Crippen LogP contribution in [0.2, 0.25) is 0 Å². The Hall–Kier alpha value is -4.68. The van der Waals surface area contributed by atoms with Gasteiger partial charge >= 0.3 is 12.1 Å². The van der Waals surface area contributed by atoms with Gasteiger partial charge in [0.05, 0.1) is 35.7 Å². The van der Waals surface area contributed by atoms with E-state index in [2.05, 4.69) is 5.32 Å². The average Bonchev–Trinajstić information content (AvgIpc) is 3.73. The SMILES string of the molecule is CC(=O)NC[C@H]1CN(c2ccc(N3CCN(c4cc5c(cc4F)c(=O)c(C(=O)O)cn5C4CC4)CC3)c(F)c2)C(=O)O1. The van der Waals surface area contributed by atoms with Crippen LogP contribution in [0.5, 0.6) is 0 Å². The Morgan fingerprint density at radius 2 is 1.67 bits per heavy atom. The van der Waals surface area contributed by atoms with Gasteiger partial charge in [-0.2, -0.15) is 0 Å². The molecule has 2 aromatic carbocycles. The first-order valence-corrected chi connectivity index (χ1v) is 13.7. The van der Waals surface area contributed by atoms with Crippen LogP contribution in [0, 0.1) is 11.6 Å². The van der Waals surface area contributed by atoms with E-state index in [-0.39, 0.29) is 36.0 Å². The molecule has 2 N–H and O–H groups in total. The number of carbonyl (C=O) groups is 3. The zero-order valence-electron chi connectivity index (χ0n) is 22.8. The van der Waals surface area contributed by atoms with E-state index in [0.717, 1.165) is 18.9 Å². The smallest absolute Gasteiger partial charge is 0.414 e. The Morgan fingerprint density at radius 1 is 1.00 bits per heavy atom. The standard InChI is InChI=1S/C29H29F2N5O6/c1-16(37)32-13-19-14-36(29(41)42-19)18-4-5-24(22(30)10-18)33-6-8-34(9-7-33)26-12-25-20(11-23(26)31)27(38)21(28(39)40)15-35(25)17-2-3-17/h4-5,10-12,15,17,19H,2-3,6-9,13-14H2,1H3,(H,32,37)(H,39,40)/t19-/m0/s1. The number of piperazine rings is 1. The highest BCUT2D eigenvalue weighted by molar-refractivity contribution is 5.94. The minimum Gasteiger partial charge on any atom is -0.477 e. The fourth-order valence-corrected chi connectivity index (χ4v) is 5.61. The molecule has 13 heteroatoms. The lowest BCUT2D eigenvalue weighted by Gasteiger charge is -2.37. The number of fused-ring (bicyclic) bond motifs is 1. The summed E-state index contributed by atoms with van der Waals surface area (Å²) in [5.41, 5.74) is 0.396. The summed E-state index contributed by atoms with van der Waals surface area (Å²) in [5, 5.41) is 12.1. The van der Waals surface area contributed by atoms with Gasteiger partial charge in [-0.1, -0.05) is 0 Å². The van der Waals surface area contributed by atoms with Gasteiger partial charge in [-0.15, -0.1) is 0 Å². The van der Waals surface area contributed by atoms with Gasteiger partial charge in [0.1, 0.15) is 23.3 Å². The number of hydrogen-bond donors (Lipinski definition) is 2. The second-order valence-electron chi connectivity index (χ2n) is 10.8. The molecular formula is C29H29F2N5O6. The van der Waals surface area contributed by atoms with Crippen LogP contribution < -0.4 is 25.4 Å². The van der Waals surface area contributed by atoms with Crippen LogP contribution in [0.4, 0.5) is 30.6 Å². The minimum atomic E-state index is -1.34. The number of anilines is 3. The van der Waals surface area contributed by atoms with Crippen molar-refractivity contribution in [2.24, 2.45) is 0 Å². The Morgan fingerprint density at radius 3 is 2.29 bits per heavy atom. The van der Waals surface area contributed by atoms with E-state index in [1.165, 1.54) is 24.1 Å². The third-order valence-corrected chi connectivity index (χ3v) is 7.93. The van der Waals surface area contributed by atoms with Crippen LogP contribution in [-0.4, -0.2) is 73.0 Å². The first-order valence-electron chi connectivity index (χ1n) is 13.7. The van der Waals surface area contributed by atoms with Gasteiger partial charge in [0, 0.05) is 50.7 Å². The zero-order chi connectivity index (χ0) is 29.7. The molecular weight excluding hydrogens is 552 g/mol. The number of ether oxygens (including phenoxy) is 1.